The second-order valence-electron chi connectivity index (χ2n) is 5.31. The van der Waals surface area contributed by atoms with Gasteiger partial charge >= 0.3 is 0 Å². The number of ketones is 1. The van der Waals surface area contributed by atoms with E-state index in [1.165, 1.54) is 11.3 Å². The van der Waals surface area contributed by atoms with E-state index >= 15 is 0 Å². The molecule has 118 valence electrons. The van der Waals surface area contributed by atoms with Gasteiger partial charge in [0.05, 0.1) is 17.0 Å². The van der Waals surface area contributed by atoms with Gasteiger partial charge in [-0.3, -0.25) is 19.3 Å². The second-order valence-corrected chi connectivity index (χ2v) is 6.26. The summed E-state index contributed by atoms with van der Waals surface area (Å²) in [5, 5.41) is 12.7. The number of nitrogens with two attached hydrogens (primary N) is 1. The van der Waals surface area contributed by atoms with Gasteiger partial charge in [0, 0.05) is 5.56 Å². The Kier molecular flexibility index (Phi) is 3.75. The third-order valence-electron chi connectivity index (χ3n) is 3.77. The molecule has 0 bridgehead atoms. The second kappa shape index (κ2) is 5.60. The molecule has 0 radical (unpaired) electrons. The van der Waals surface area contributed by atoms with Crippen LogP contribution in [0.2, 0.25) is 0 Å². The van der Waals surface area contributed by atoms with Crippen molar-refractivity contribution in [2.24, 2.45) is 5.73 Å². The minimum Gasteiger partial charge on any atom is -0.375 e. The van der Waals surface area contributed by atoms with Crippen molar-refractivity contribution in [3.05, 3.63) is 52.2 Å². The van der Waals surface area contributed by atoms with E-state index in [4.69, 9.17) is 5.73 Å². The van der Waals surface area contributed by atoms with Crippen LogP contribution in [0.25, 0.3) is 0 Å². The molecule has 3 N–H and O–H groups in total. The van der Waals surface area contributed by atoms with E-state index in [9.17, 15) is 19.5 Å². The van der Waals surface area contributed by atoms with Crippen LogP contribution in [-0.2, 0) is 15.2 Å². The molecular formula is C16H14N2O4S. The molecule has 0 aliphatic carbocycles. The standard InChI is InChI=1S/C16H14N2O4S/c17-14(20)9-18-11-5-2-1-4-10(11)16(22,15(18)21)8-12(19)13-6-3-7-23-13/h1-7,22H,8-9H2,(H2,17,20). The quantitative estimate of drug-likeness (QED) is 0.800. The predicted molar refractivity (Wildman–Crippen MR) is 85.2 cm³/mol. The third-order valence-corrected chi connectivity index (χ3v) is 4.68. The molecule has 1 atom stereocenters. The number of hydrogen-bond donors (Lipinski definition) is 2. The summed E-state index contributed by atoms with van der Waals surface area (Å²) in [6, 6.07) is 9.92. The first-order valence-corrected chi connectivity index (χ1v) is 7.80. The van der Waals surface area contributed by atoms with Gasteiger partial charge in [-0.15, -0.1) is 11.3 Å². The molecule has 0 saturated carbocycles. The van der Waals surface area contributed by atoms with E-state index in [-0.39, 0.29) is 18.7 Å². The summed E-state index contributed by atoms with van der Waals surface area (Å²) in [7, 11) is 0. The summed E-state index contributed by atoms with van der Waals surface area (Å²) in [4.78, 5) is 37.8. The maximum absolute atomic E-state index is 12.6. The lowest BCUT2D eigenvalue weighted by molar-refractivity contribution is -0.136. The molecule has 0 saturated heterocycles. The van der Waals surface area contributed by atoms with Crippen LogP contribution in [0.1, 0.15) is 21.7 Å². The zero-order chi connectivity index (χ0) is 16.6. The van der Waals surface area contributed by atoms with Crippen LogP contribution in [0.15, 0.2) is 41.8 Å². The van der Waals surface area contributed by atoms with Gasteiger partial charge in [0.15, 0.2) is 11.4 Å². The fourth-order valence-corrected chi connectivity index (χ4v) is 3.41. The third kappa shape index (κ3) is 2.54. The van der Waals surface area contributed by atoms with Gasteiger partial charge in [-0.25, -0.2) is 0 Å². The Balaban J connectivity index is 1.99. The van der Waals surface area contributed by atoms with Crippen molar-refractivity contribution in [1.82, 2.24) is 0 Å². The van der Waals surface area contributed by atoms with E-state index in [0.717, 1.165) is 4.90 Å². The van der Waals surface area contributed by atoms with Gasteiger partial charge in [-0.1, -0.05) is 24.3 Å². The molecule has 7 heteroatoms. The van der Waals surface area contributed by atoms with Crippen LogP contribution in [0.3, 0.4) is 0 Å². The monoisotopic (exact) mass is 330 g/mol. The molecule has 1 aromatic heterocycles. The van der Waals surface area contributed by atoms with E-state index in [1.807, 2.05) is 0 Å². The molecule has 23 heavy (non-hydrogen) atoms. The Labute approximate surface area is 136 Å². The van der Waals surface area contributed by atoms with Crippen LogP contribution in [-0.4, -0.2) is 29.2 Å². The number of carbonyl (C=O) groups is 3. The van der Waals surface area contributed by atoms with E-state index in [0.29, 0.717) is 16.1 Å². The fourth-order valence-electron chi connectivity index (χ4n) is 2.75. The lowest BCUT2D eigenvalue weighted by Crippen LogP contribution is -2.44. The minimum absolute atomic E-state index is 0.316. The number of amides is 2. The van der Waals surface area contributed by atoms with Crippen LogP contribution < -0.4 is 10.6 Å². The SMILES string of the molecule is NC(=O)CN1C(=O)C(O)(CC(=O)c2cccs2)c2ccccc21. The summed E-state index contributed by atoms with van der Waals surface area (Å²) in [6.07, 6.45) is -0.376. The van der Waals surface area contributed by atoms with Crippen molar-refractivity contribution >= 4 is 34.6 Å². The molecule has 0 fully saturated rings. The van der Waals surface area contributed by atoms with Gasteiger partial charge in [0.1, 0.15) is 6.54 Å². The Hall–Kier alpha value is -2.51. The van der Waals surface area contributed by atoms with Gasteiger partial charge in [-0.2, -0.15) is 0 Å². The van der Waals surface area contributed by atoms with Crippen molar-refractivity contribution in [2.45, 2.75) is 12.0 Å². The summed E-state index contributed by atoms with van der Waals surface area (Å²) >= 11 is 1.25. The van der Waals surface area contributed by atoms with Gasteiger partial charge < -0.3 is 10.8 Å². The predicted octanol–water partition coefficient (Wildman–Crippen LogP) is 1.04. The summed E-state index contributed by atoms with van der Waals surface area (Å²) in [6.45, 7) is -0.342. The number of anilines is 1. The first kappa shape index (κ1) is 15.4. The lowest BCUT2D eigenvalue weighted by Gasteiger charge is -2.21. The highest BCUT2D eigenvalue weighted by Crippen LogP contribution is 2.42. The molecule has 1 aromatic carbocycles. The number of rotatable bonds is 5. The first-order valence-electron chi connectivity index (χ1n) is 6.92. The highest BCUT2D eigenvalue weighted by molar-refractivity contribution is 7.12. The maximum atomic E-state index is 12.6. The molecule has 1 unspecified atom stereocenters. The fraction of sp³-hybridized carbons (Fsp3) is 0.188. The summed E-state index contributed by atoms with van der Waals surface area (Å²) in [5.41, 5.74) is 3.92. The Morgan fingerprint density at radius 2 is 1.96 bits per heavy atom. The number of Topliss-reactive ketones (excluding diaryl/α,β-unsaturated/α-hetero) is 1. The molecule has 0 spiro atoms. The van der Waals surface area contributed by atoms with Crippen LogP contribution in [0.5, 0.6) is 0 Å². The summed E-state index contributed by atoms with van der Waals surface area (Å²) in [5.74, 6) is -1.73. The number of para-hydroxylation sites is 1. The highest BCUT2D eigenvalue weighted by Gasteiger charge is 2.51. The number of hydrogen-bond acceptors (Lipinski definition) is 5. The maximum Gasteiger partial charge on any atom is 0.264 e. The molecule has 6 nitrogen and oxygen atoms in total. The average Bonchev–Trinajstić information content (AvgIpc) is 3.11. The number of nitrogens with zero attached hydrogens (tertiary/aromatic N) is 1. The zero-order valence-corrected chi connectivity index (χ0v) is 12.9. The smallest absolute Gasteiger partial charge is 0.264 e. The number of primary amides is 1. The normalized spacial score (nSPS) is 19.7. The van der Waals surface area contributed by atoms with Crippen LogP contribution in [0.4, 0.5) is 5.69 Å². The topological polar surface area (TPSA) is 101 Å². The molecule has 1 aliphatic heterocycles. The summed E-state index contributed by atoms with van der Waals surface area (Å²) < 4.78 is 0. The van der Waals surface area contributed by atoms with E-state index in [1.54, 1.807) is 41.8 Å². The van der Waals surface area contributed by atoms with Gasteiger partial charge in [0.25, 0.3) is 5.91 Å². The number of aliphatic hydroxyl groups is 1. The zero-order valence-electron chi connectivity index (χ0n) is 12.1. The molecule has 1 aliphatic rings. The number of thiophene rings is 1. The Morgan fingerprint density at radius 1 is 1.22 bits per heavy atom. The van der Waals surface area contributed by atoms with Crippen molar-refractivity contribution in [3.8, 4) is 0 Å². The molecule has 2 aromatic rings. The van der Waals surface area contributed by atoms with Gasteiger partial charge in [0.2, 0.25) is 5.91 Å². The van der Waals surface area contributed by atoms with Crippen LogP contribution >= 0.6 is 11.3 Å². The van der Waals surface area contributed by atoms with Crippen molar-refractivity contribution in [3.63, 3.8) is 0 Å². The van der Waals surface area contributed by atoms with Crippen molar-refractivity contribution in [1.29, 1.82) is 0 Å². The van der Waals surface area contributed by atoms with Gasteiger partial charge in [-0.05, 0) is 17.5 Å². The van der Waals surface area contributed by atoms with E-state index in [2.05, 4.69) is 0 Å². The highest BCUT2D eigenvalue weighted by atomic mass is 32.1. The van der Waals surface area contributed by atoms with Crippen molar-refractivity contribution < 1.29 is 19.5 Å². The Bertz CT molecular complexity index is 787. The van der Waals surface area contributed by atoms with E-state index < -0.39 is 17.4 Å². The number of carbonyl (C=O) groups excluding carboxylic acids is 3. The molecular weight excluding hydrogens is 316 g/mol. The molecule has 2 amide bonds. The Morgan fingerprint density at radius 3 is 2.61 bits per heavy atom. The average molecular weight is 330 g/mol. The van der Waals surface area contributed by atoms with Crippen LogP contribution in [0, 0.1) is 0 Å². The largest absolute Gasteiger partial charge is 0.375 e. The number of benzene rings is 1. The van der Waals surface area contributed by atoms with Crippen molar-refractivity contribution in [2.75, 3.05) is 11.4 Å². The lowest BCUT2D eigenvalue weighted by atomic mass is 9.89. The molecule has 2 heterocycles. The number of fused-ring (bicyclic) bond motifs is 1. The first-order chi connectivity index (χ1) is 10.9. The molecule has 3 rings (SSSR count). The minimum atomic E-state index is -1.98.